The summed E-state index contributed by atoms with van der Waals surface area (Å²) in [6.07, 6.45) is 7.73. The van der Waals surface area contributed by atoms with Gasteiger partial charge in [0.1, 0.15) is 0 Å². The third-order valence-electron chi connectivity index (χ3n) is 10.7. The topological polar surface area (TPSA) is 63.1 Å². The van der Waals surface area contributed by atoms with Crippen molar-refractivity contribution >= 4 is 65.9 Å². The van der Waals surface area contributed by atoms with Crippen molar-refractivity contribution in [1.82, 2.24) is 9.97 Å². The predicted molar refractivity (Wildman–Crippen MR) is 216 cm³/mol. The molecule has 0 aliphatic carbocycles. The fraction of sp³-hybridized carbons (Fsp3) is 0.465. The number of nitrogens with zero attached hydrogens (tertiary/aromatic N) is 2. The number of aliphatic hydroxyl groups is 1. The molecule has 0 saturated carbocycles. The van der Waals surface area contributed by atoms with Crippen LogP contribution in [0.3, 0.4) is 0 Å². The fourth-order valence-electron chi connectivity index (χ4n) is 7.35. The van der Waals surface area contributed by atoms with Crippen LogP contribution in [0.4, 0.5) is 0 Å². The van der Waals surface area contributed by atoms with Gasteiger partial charge in [-0.05, 0) is 25.7 Å². The van der Waals surface area contributed by atoms with Crippen molar-refractivity contribution in [3.8, 4) is 11.3 Å². The van der Waals surface area contributed by atoms with E-state index in [1.165, 1.54) is 53.0 Å². The summed E-state index contributed by atoms with van der Waals surface area (Å²) in [6.45, 7) is 19.9. The second-order valence-corrected chi connectivity index (χ2v) is 25.8. The van der Waals surface area contributed by atoms with Crippen LogP contribution in [0.15, 0.2) is 66.7 Å². The van der Waals surface area contributed by atoms with Crippen molar-refractivity contribution in [3.63, 3.8) is 0 Å². The van der Waals surface area contributed by atoms with Gasteiger partial charge >= 0.3 is 211 Å². The SMILES string of the molecule is CCC(CC)C(=O)/C=C(\O)C(CC)CC.C[CH2][Ge]([CH2]C)([CH2]C)[c]1cc(-c2ncnc3c2sc2c(CC(C)C)cccc23)[c-]c2ccccc12.[Ir]. The van der Waals surface area contributed by atoms with Crippen LogP contribution >= 0.6 is 11.3 Å². The molecule has 0 aliphatic rings. The zero-order valence-electron chi connectivity index (χ0n) is 31.7. The second kappa shape index (κ2) is 19.5. The molecule has 0 bridgehead atoms. The first-order chi connectivity index (χ1) is 23.6. The summed E-state index contributed by atoms with van der Waals surface area (Å²) >= 11 is -0.367. The summed E-state index contributed by atoms with van der Waals surface area (Å²) < 4.78 is 4.16. The molecule has 1 N–H and O–H groups in total. The molecule has 271 valence electrons. The minimum absolute atomic E-state index is 0. The van der Waals surface area contributed by atoms with Crippen LogP contribution in [0.1, 0.15) is 93.6 Å². The van der Waals surface area contributed by atoms with Gasteiger partial charge in [-0.25, -0.2) is 0 Å². The van der Waals surface area contributed by atoms with E-state index in [1.54, 1.807) is 10.7 Å². The molecule has 0 atom stereocenters. The molecule has 0 aliphatic heterocycles. The number of fused-ring (bicyclic) bond motifs is 4. The molecule has 50 heavy (non-hydrogen) atoms. The van der Waals surface area contributed by atoms with Crippen LogP contribution in [0.5, 0.6) is 0 Å². The number of aromatic nitrogens is 2. The Labute approximate surface area is 321 Å². The maximum absolute atomic E-state index is 11.7. The molecule has 4 nitrogen and oxygen atoms in total. The molecule has 3 aromatic carbocycles. The van der Waals surface area contributed by atoms with Gasteiger partial charge in [-0.1, -0.05) is 27.7 Å². The largest absolute Gasteiger partial charge is 0 e. The number of rotatable bonds is 14. The number of allylic oxidation sites excluding steroid dienone is 2. The Morgan fingerprint density at radius 3 is 2.06 bits per heavy atom. The van der Waals surface area contributed by atoms with Gasteiger partial charge in [0.15, 0.2) is 5.78 Å². The Bertz CT molecular complexity index is 1880. The molecule has 0 unspecified atom stereocenters. The van der Waals surface area contributed by atoms with Gasteiger partial charge in [0.2, 0.25) is 0 Å². The molecule has 0 fully saturated rings. The van der Waals surface area contributed by atoms with E-state index in [0.29, 0.717) is 5.92 Å². The minimum Gasteiger partial charge on any atom is 0 e. The average Bonchev–Trinajstić information content (AvgIpc) is 3.50. The Hall–Kier alpha value is -2.38. The molecule has 0 spiro atoms. The molecular formula is C43H57GeIrN2O2S-. The molecule has 2 aromatic heterocycles. The smallest absolute Gasteiger partial charge is 0 e. The summed E-state index contributed by atoms with van der Waals surface area (Å²) in [5.74, 6) is 1.17. The normalized spacial score (nSPS) is 12.2. The molecule has 0 amide bonds. The summed E-state index contributed by atoms with van der Waals surface area (Å²) in [4.78, 5) is 21.3. The standard InChI is InChI=1S/C30H33GeN2S.C13H24O2.Ir/c1-6-31(7-2,8-3)26-18-23(17-21-12-9-10-14-24(21)26)27-30-28(33-19-32-27)25-15-11-13-22(16-20(4)5)29(25)34-30;1-5-10(6-2)12(14)9-13(15)11(7-3)8-4;/h9-15,18-20H,6-8,16H2,1-5H3;9-11,14H,5-8H2,1-4H3;/q-1;;/b;12-9-;. The van der Waals surface area contributed by atoms with Crippen LogP contribution in [-0.4, -0.2) is 34.1 Å². The molecule has 5 rings (SSSR count). The first kappa shape index (κ1) is 42.0. The van der Waals surface area contributed by atoms with Gasteiger partial charge in [0.25, 0.3) is 0 Å². The zero-order valence-corrected chi connectivity index (χ0v) is 37.0. The van der Waals surface area contributed by atoms with Gasteiger partial charge in [-0.3, -0.25) is 4.79 Å². The number of carbonyl (C=O) groups is 1. The van der Waals surface area contributed by atoms with E-state index >= 15 is 0 Å². The summed E-state index contributed by atoms with van der Waals surface area (Å²) in [5.41, 5.74) is 4.66. The molecule has 0 saturated heterocycles. The number of hydrogen-bond acceptors (Lipinski definition) is 5. The second-order valence-electron chi connectivity index (χ2n) is 13.9. The van der Waals surface area contributed by atoms with Crippen molar-refractivity contribution in [2.75, 3.05) is 0 Å². The number of ketones is 1. The van der Waals surface area contributed by atoms with Crippen molar-refractivity contribution in [1.29, 1.82) is 0 Å². The van der Waals surface area contributed by atoms with Gasteiger partial charge in [0, 0.05) is 38.0 Å². The maximum Gasteiger partial charge on any atom is 0 e. The van der Waals surface area contributed by atoms with E-state index in [9.17, 15) is 9.90 Å². The summed E-state index contributed by atoms with van der Waals surface area (Å²) in [6, 6.07) is 21.7. The van der Waals surface area contributed by atoms with Crippen molar-refractivity contribution in [2.24, 2.45) is 17.8 Å². The Morgan fingerprint density at radius 1 is 0.840 bits per heavy atom. The predicted octanol–water partition coefficient (Wildman–Crippen LogP) is 12.2. The number of aliphatic hydroxyl groups excluding tert-OH is 1. The summed E-state index contributed by atoms with van der Waals surface area (Å²) in [5, 5.41) is 17.6. The summed E-state index contributed by atoms with van der Waals surface area (Å²) in [7, 11) is 0. The van der Waals surface area contributed by atoms with Gasteiger partial charge in [-0.2, -0.15) is 0 Å². The first-order valence-electron chi connectivity index (χ1n) is 18.7. The Morgan fingerprint density at radius 2 is 1.46 bits per heavy atom. The van der Waals surface area contributed by atoms with Crippen molar-refractivity contribution in [3.05, 3.63) is 78.3 Å². The minimum atomic E-state index is -2.23. The Balaban J connectivity index is 0.000000361. The fourth-order valence-corrected chi connectivity index (χ4v) is 16.8. The van der Waals surface area contributed by atoms with Crippen LogP contribution in [0.2, 0.25) is 15.8 Å². The van der Waals surface area contributed by atoms with E-state index in [4.69, 9.17) is 9.97 Å². The van der Waals surface area contributed by atoms with E-state index in [-0.39, 0.29) is 43.5 Å². The molecule has 2 heterocycles. The zero-order chi connectivity index (χ0) is 35.7. The van der Waals surface area contributed by atoms with Crippen LogP contribution in [0.25, 0.3) is 42.3 Å². The molecular weight excluding hydrogens is 873 g/mol. The van der Waals surface area contributed by atoms with E-state index in [1.807, 2.05) is 39.0 Å². The third kappa shape index (κ3) is 9.15. The van der Waals surface area contributed by atoms with Gasteiger partial charge < -0.3 is 5.11 Å². The Kier molecular flexibility index (Phi) is 16.4. The van der Waals surface area contributed by atoms with E-state index in [2.05, 4.69) is 89.2 Å². The molecule has 1 radical (unpaired) electrons. The van der Waals surface area contributed by atoms with E-state index < -0.39 is 13.3 Å². The number of benzene rings is 3. The van der Waals surface area contributed by atoms with Crippen molar-refractivity contribution in [2.45, 2.75) is 110 Å². The third-order valence-corrected chi connectivity index (χ3v) is 23.8. The van der Waals surface area contributed by atoms with Gasteiger partial charge in [-0.15, -0.1) is 0 Å². The van der Waals surface area contributed by atoms with Gasteiger partial charge in [0.05, 0.1) is 5.76 Å². The number of carbonyl (C=O) groups excluding carboxylic acids is 1. The monoisotopic (exact) mass is 932 g/mol. The average molecular weight is 931 g/mol. The number of hydrogen-bond donors (Lipinski definition) is 1. The quantitative estimate of drug-likeness (QED) is 0.0522. The molecule has 5 aromatic rings. The van der Waals surface area contributed by atoms with E-state index in [0.717, 1.165) is 48.9 Å². The maximum atomic E-state index is 11.7. The van der Waals surface area contributed by atoms with Crippen LogP contribution < -0.4 is 4.40 Å². The molecule has 7 heteroatoms. The number of thiophene rings is 1. The van der Waals surface area contributed by atoms with Crippen molar-refractivity contribution < 1.29 is 30.0 Å². The van der Waals surface area contributed by atoms with Crippen LogP contribution in [-0.2, 0) is 31.3 Å². The first-order valence-corrected chi connectivity index (χ1v) is 25.0. The van der Waals surface area contributed by atoms with Crippen LogP contribution in [0, 0.1) is 23.8 Å².